The molecule has 1 aliphatic rings. The highest BCUT2D eigenvalue weighted by molar-refractivity contribution is 5.79. The van der Waals surface area contributed by atoms with Gasteiger partial charge in [-0.25, -0.2) is 8.78 Å². The van der Waals surface area contributed by atoms with Gasteiger partial charge in [0.1, 0.15) is 5.69 Å². The van der Waals surface area contributed by atoms with Crippen molar-refractivity contribution in [1.82, 2.24) is 10.4 Å². The van der Waals surface area contributed by atoms with Crippen LogP contribution in [0.2, 0.25) is 0 Å². The van der Waals surface area contributed by atoms with Gasteiger partial charge in [-0.05, 0) is 5.56 Å². The molecule has 1 fully saturated rings. The van der Waals surface area contributed by atoms with E-state index in [2.05, 4.69) is 0 Å². The highest BCUT2D eigenvalue weighted by atomic mass is 19.3. The molecule has 8 nitrogen and oxygen atoms in total. The fraction of sp³-hybridized carbons (Fsp3) is 0.409. The van der Waals surface area contributed by atoms with Crippen LogP contribution in [-0.2, 0) is 16.2 Å². The second-order valence-electron chi connectivity index (χ2n) is 7.71. The molecule has 1 atom stereocenters. The van der Waals surface area contributed by atoms with Gasteiger partial charge in [0, 0.05) is 44.9 Å². The number of carbonyl (C=O) groups is 1. The lowest BCUT2D eigenvalue weighted by Crippen LogP contribution is -2.41. The maximum Gasteiger partial charge on any atom is 0.315 e. The van der Waals surface area contributed by atoms with Crippen molar-refractivity contribution in [1.29, 1.82) is 0 Å². The normalized spacial score (nSPS) is 15.8. The summed E-state index contributed by atoms with van der Waals surface area (Å²) < 4.78 is 54.0. The Labute approximate surface area is 193 Å². The van der Waals surface area contributed by atoms with Crippen molar-refractivity contribution in [2.45, 2.75) is 19.1 Å². The Bertz CT molecular complexity index is 931. The maximum absolute atomic E-state index is 14.8. The lowest BCUT2D eigenvalue weighted by Gasteiger charge is -2.25. The van der Waals surface area contributed by atoms with Gasteiger partial charge in [0.25, 0.3) is 5.91 Å². The van der Waals surface area contributed by atoms with E-state index in [9.17, 15) is 32.7 Å². The molecule has 0 aromatic heterocycles. The molecule has 0 bridgehead atoms. The van der Waals surface area contributed by atoms with Crippen LogP contribution in [0.15, 0.2) is 42.5 Å². The SMILES string of the molecule is O=C(NC[C@H](O)CN(O)c1cc(F)c(N2CCON(Cc3ccccc3)CC2)c(F)c1)C(F)F. The lowest BCUT2D eigenvalue weighted by atomic mass is 10.2. The van der Waals surface area contributed by atoms with Gasteiger partial charge in [-0.3, -0.25) is 19.9 Å². The quantitative estimate of drug-likeness (QED) is 0.370. The van der Waals surface area contributed by atoms with Crippen molar-refractivity contribution >= 4 is 17.3 Å². The minimum Gasteiger partial charge on any atom is -0.389 e. The van der Waals surface area contributed by atoms with Crippen molar-refractivity contribution in [3.63, 3.8) is 0 Å². The van der Waals surface area contributed by atoms with Crippen LogP contribution >= 0.6 is 0 Å². The Kier molecular flexibility index (Phi) is 9.05. The van der Waals surface area contributed by atoms with Crippen molar-refractivity contribution in [2.75, 3.05) is 49.3 Å². The number of aliphatic hydroxyl groups excluding tert-OH is 1. The van der Waals surface area contributed by atoms with Gasteiger partial charge in [0.05, 0.1) is 24.9 Å². The van der Waals surface area contributed by atoms with Gasteiger partial charge in [0.15, 0.2) is 11.6 Å². The molecule has 2 aromatic carbocycles. The molecule has 2 aromatic rings. The van der Waals surface area contributed by atoms with Crippen molar-refractivity contribution in [2.24, 2.45) is 0 Å². The number of aliphatic hydroxyl groups is 1. The smallest absolute Gasteiger partial charge is 0.315 e. The summed E-state index contributed by atoms with van der Waals surface area (Å²) in [6.07, 6.45) is -4.71. The van der Waals surface area contributed by atoms with Crippen molar-refractivity contribution in [3.8, 4) is 0 Å². The number of hydrogen-bond acceptors (Lipinski definition) is 7. The summed E-state index contributed by atoms with van der Waals surface area (Å²) in [5.74, 6) is -3.43. The summed E-state index contributed by atoms with van der Waals surface area (Å²) in [6.45, 7) is 0.534. The number of hydrogen-bond donors (Lipinski definition) is 3. The van der Waals surface area contributed by atoms with Gasteiger partial charge in [-0.15, -0.1) is 0 Å². The molecule has 1 heterocycles. The third kappa shape index (κ3) is 7.03. The predicted molar refractivity (Wildman–Crippen MR) is 116 cm³/mol. The standard InChI is InChI=1S/C22H26F4N4O4/c23-18-10-16(30(33)14-17(31)12-27-22(32)21(25)26)11-19(24)20(18)28-6-7-29(34-9-8-28)13-15-4-2-1-3-5-15/h1-5,10-11,17,21,31,33H,6-9,12-14H2,(H,27,32)/t17-/m0/s1. The molecule has 0 spiro atoms. The van der Waals surface area contributed by atoms with E-state index < -0.39 is 43.2 Å². The van der Waals surface area contributed by atoms with Crippen molar-refractivity contribution in [3.05, 3.63) is 59.7 Å². The number of alkyl halides is 2. The van der Waals surface area contributed by atoms with Gasteiger partial charge in [-0.1, -0.05) is 30.3 Å². The molecular formula is C22H26F4N4O4. The number of carbonyl (C=O) groups excluding carboxylic acids is 1. The van der Waals surface area contributed by atoms with Crippen LogP contribution < -0.4 is 15.3 Å². The average molecular weight is 486 g/mol. The zero-order valence-electron chi connectivity index (χ0n) is 18.2. The molecule has 1 saturated heterocycles. The molecular weight excluding hydrogens is 460 g/mol. The van der Waals surface area contributed by atoms with E-state index in [0.717, 1.165) is 17.7 Å². The molecule has 34 heavy (non-hydrogen) atoms. The third-order valence-corrected chi connectivity index (χ3v) is 5.17. The summed E-state index contributed by atoms with van der Waals surface area (Å²) >= 11 is 0. The molecule has 1 aliphatic heterocycles. The van der Waals surface area contributed by atoms with E-state index in [1.165, 1.54) is 4.90 Å². The number of amides is 1. The fourth-order valence-electron chi connectivity index (χ4n) is 3.49. The summed E-state index contributed by atoms with van der Waals surface area (Å²) in [5, 5.41) is 23.8. The number of nitrogens with one attached hydrogen (secondary N) is 1. The molecule has 3 N–H and O–H groups in total. The maximum atomic E-state index is 14.8. The number of anilines is 2. The summed E-state index contributed by atoms with van der Waals surface area (Å²) in [5.41, 5.74) is 0.485. The largest absolute Gasteiger partial charge is 0.389 e. The van der Waals surface area contributed by atoms with E-state index in [-0.39, 0.29) is 24.5 Å². The predicted octanol–water partition coefficient (Wildman–Crippen LogP) is 2.16. The lowest BCUT2D eigenvalue weighted by molar-refractivity contribution is -0.154. The van der Waals surface area contributed by atoms with E-state index in [1.807, 2.05) is 30.3 Å². The molecule has 0 saturated carbocycles. The van der Waals surface area contributed by atoms with Crippen LogP contribution in [0, 0.1) is 11.6 Å². The number of hydroxylamine groups is 3. The Hall–Kier alpha value is -2.93. The van der Waals surface area contributed by atoms with Crippen LogP contribution in [0.4, 0.5) is 28.9 Å². The first-order valence-corrected chi connectivity index (χ1v) is 10.6. The zero-order chi connectivity index (χ0) is 24.7. The zero-order valence-corrected chi connectivity index (χ0v) is 18.2. The van der Waals surface area contributed by atoms with E-state index >= 15 is 0 Å². The first-order chi connectivity index (χ1) is 16.2. The summed E-state index contributed by atoms with van der Waals surface area (Å²) in [7, 11) is 0. The molecule has 0 unspecified atom stereocenters. The van der Waals surface area contributed by atoms with E-state index in [1.54, 1.807) is 10.4 Å². The van der Waals surface area contributed by atoms with Crippen molar-refractivity contribution < 1.29 is 37.5 Å². The van der Waals surface area contributed by atoms with Crippen LogP contribution in [0.5, 0.6) is 0 Å². The highest BCUT2D eigenvalue weighted by Gasteiger charge is 2.24. The topological polar surface area (TPSA) is 88.5 Å². The van der Waals surface area contributed by atoms with Gasteiger partial charge >= 0.3 is 6.43 Å². The third-order valence-electron chi connectivity index (χ3n) is 5.17. The first-order valence-electron chi connectivity index (χ1n) is 10.6. The van der Waals surface area contributed by atoms with Gasteiger partial charge in [-0.2, -0.15) is 13.8 Å². The molecule has 0 radical (unpaired) electrons. The Morgan fingerprint density at radius 3 is 2.44 bits per heavy atom. The second-order valence-corrected chi connectivity index (χ2v) is 7.71. The fourth-order valence-corrected chi connectivity index (χ4v) is 3.49. The minimum absolute atomic E-state index is 0.218. The van der Waals surface area contributed by atoms with Crippen LogP contribution in [0.25, 0.3) is 0 Å². The monoisotopic (exact) mass is 486 g/mol. The molecule has 186 valence electrons. The first kappa shape index (κ1) is 25.7. The average Bonchev–Trinajstić information content (AvgIpc) is 3.03. The summed E-state index contributed by atoms with van der Waals surface area (Å²) in [6, 6.07) is 11.4. The Morgan fingerprint density at radius 2 is 1.79 bits per heavy atom. The number of rotatable bonds is 9. The number of nitrogens with zero attached hydrogens (tertiary/aromatic N) is 3. The minimum atomic E-state index is -3.25. The van der Waals surface area contributed by atoms with Gasteiger partial charge < -0.3 is 15.3 Å². The van der Waals surface area contributed by atoms with Crippen LogP contribution in [0.3, 0.4) is 0 Å². The second kappa shape index (κ2) is 12.0. The number of benzene rings is 2. The Morgan fingerprint density at radius 1 is 1.12 bits per heavy atom. The Balaban J connectivity index is 1.60. The molecule has 12 heteroatoms. The van der Waals surface area contributed by atoms with Crippen LogP contribution in [-0.4, -0.2) is 73.1 Å². The van der Waals surface area contributed by atoms with E-state index in [4.69, 9.17) is 4.84 Å². The number of halogens is 4. The highest BCUT2D eigenvalue weighted by Crippen LogP contribution is 2.29. The van der Waals surface area contributed by atoms with E-state index in [0.29, 0.717) is 24.7 Å². The van der Waals surface area contributed by atoms with Gasteiger partial charge in [0.2, 0.25) is 0 Å². The molecule has 0 aliphatic carbocycles. The molecule has 3 rings (SSSR count). The summed E-state index contributed by atoms with van der Waals surface area (Å²) in [4.78, 5) is 18.1. The van der Waals surface area contributed by atoms with Crippen LogP contribution in [0.1, 0.15) is 5.56 Å². The molecule has 1 amide bonds.